The fraction of sp³-hybridized carbons (Fsp3) is 0.222. The normalized spacial score (nSPS) is 13.7. The number of rotatable bonds is 4. The zero-order valence-corrected chi connectivity index (χ0v) is 19.0. The van der Waals surface area contributed by atoms with Crippen molar-refractivity contribution in [2.24, 2.45) is 0 Å². The highest BCUT2D eigenvalue weighted by Crippen LogP contribution is 2.34. The average Bonchev–Trinajstić information content (AvgIpc) is 3.09. The standard InChI is InChI=1S/C18H11BrCl2F3N5S/c1-17(7-25,26-16(30)9-2-4-10(5-3-9)18(22,23)24)8-29-27-14-12(21)6-11(20)13(19)15(14)28-29/h2-6H,8H2,1H3,(H,26,30). The summed E-state index contributed by atoms with van der Waals surface area (Å²) in [6.45, 7) is 1.56. The van der Waals surface area contributed by atoms with Gasteiger partial charge in [-0.05, 0) is 41.1 Å². The molecule has 3 rings (SSSR count). The highest BCUT2D eigenvalue weighted by atomic mass is 79.9. The number of halogens is 6. The summed E-state index contributed by atoms with van der Waals surface area (Å²) in [4.78, 5) is 1.40. The van der Waals surface area contributed by atoms with Gasteiger partial charge < -0.3 is 5.32 Å². The van der Waals surface area contributed by atoms with Crippen molar-refractivity contribution >= 4 is 67.4 Å². The van der Waals surface area contributed by atoms with E-state index >= 15 is 0 Å². The van der Waals surface area contributed by atoms with E-state index in [0.717, 1.165) is 12.1 Å². The van der Waals surface area contributed by atoms with Crippen molar-refractivity contribution < 1.29 is 13.2 Å². The Hall–Kier alpha value is -1.93. The van der Waals surface area contributed by atoms with Gasteiger partial charge in [-0.1, -0.05) is 47.6 Å². The molecule has 2 aromatic carbocycles. The summed E-state index contributed by atoms with van der Waals surface area (Å²) in [5, 5.41) is 21.8. The Morgan fingerprint density at radius 3 is 2.37 bits per heavy atom. The van der Waals surface area contributed by atoms with Crippen molar-refractivity contribution in [2.75, 3.05) is 0 Å². The van der Waals surface area contributed by atoms with Crippen LogP contribution in [0.1, 0.15) is 18.1 Å². The predicted molar refractivity (Wildman–Crippen MR) is 116 cm³/mol. The quantitative estimate of drug-likeness (QED) is 0.339. The van der Waals surface area contributed by atoms with E-state index in [0.29, 0.717) is 31.1 Å². The molecule has 12 heteroatoms. The summed E-state index contributed by atoms with van der Waals surface area (Å²) in [5.41, 5.74) is -0.865. The molecule has 30 heavy (non-hydrogen) atoms. The second-order valence-corrected chi connectivity index (χ2v) is 8.57. The molecule has 1 atom stereocenters. The van der Waals surface area contributed by atoms with Gasteiger partial charge in [-0.25, -0.2) is 0 Å². The molecule has 0 aliphatic carbocycles. The van der Waals surface area contributed by atoms with E-state index in [9.17, 15) is 18.4 Å². The largest absolute Gasteiger partial charge is 0.416 e. The van der Waals surface area contributed by atoms with Crippen LogP contribution in [0, 0.1) is 11.3 Å². The highest BCUT2D eigenvalue weighted by molar-refractivity contribution is 9.10. The summed E-state index contributed by atoms with van der Waals surface area (Å²) in [7, 11) is 0. The Kier molecular flexibility index (Phi) is 6.30. The van der Waals surface area contributed by atoms with Gasteiger partial charge in [0.25, 0.3) is 0 Å². The number of nitrogens with one attached hydrogen (secondary N) is 1. The van der Waals surface area contributed by atoms with Gasteiger partial charge in [0.15, 0.2) is 0 Å². The van der Waals surface area contributed by atoms with E-state index in [1.807, 2.05) is 0 Å². The number of fused-ring (bicyclic) bond motifs is 1. The van der Waals surface area contributed by atoms with Crippen molar-refractivity contribution in [3.8, 4) is 6.07 Å². The van der Waals surface area contributed by atoms with Crippen LogP contribution < -0.4 is 5.32 Å². The molecule has 0 fully saturated rings. The Morgan fingerprint density at radius 1 is 1.20 bits per heavy atom. The molecule has 1 N–H and O–H groups in total. The lowest BCUT2D eigenvalue weighted by molar-refractivity contribution is -0.137. The van der Waals surface area contributed by atoms with Crippen LogP contribution in [-0.2, 0) is 12.7 Å². The molecule has 0 spiro atoms. The molecule has 0 saturated heterocycles. The first-order valence-electron chi connectivity index (χ1n) is 8.23. The van der Waals surface area contributed by atoms with Crippen LogP contribution in [0.15, 0.2) is 34.8 Å². The maximum Gasteiger partial charge on any atom is 0.416 e. The number of hydrogen-bond donors (Lipinski definition) is 1. The van der Waals surface area contributed by atoms with Crippen LogP contribution in [0.25, 0.3) is 11.0 Å². The number of benzene rings is 2. The van der Waals surface area contributed by atoms with E-state index in [4.69, 9.17) is 35.4 Å². The van der Waals surface area contributed by atoms with Crippen LogP contribution in [0.3, 0.4) is 0 Å². The molecule has 0 radical (unpaired) electrons. The number of aromatic nitrogens is 3. The highest BCUT2D eigenvalue weighted by Gasteiger charge is 2.31. The predicted octanol–water partition coefficient (Wildman–Crippen LogP) is 5.77. The summed E-state index contributed by atoms with van der Waals surface area (Å²) in [6, 6.07) is 7.97. The first kappa shape index (κ1) is 22.7. The monoisotopic (exact) mass is 535 g/mol. The second-order valence-electron chi connectivity index (χ2n) is 6.55. The number of nitriles is 1. The van der Waals surface area contributed by atoms with E-state index in [-0.39, 0.29) is 11.5 Å². The van der Waals surface area contributed by atoms with E-state index in [2.05, 4.69) is 37.5 Å². The summed E-state index contributed by atoms with van der Waals surface area (Å²) in [6.07, 6.45) is -4.44. The molecule has 3 aromatic rings. The fourth-order valence-electron chi connectivity index (χ4n) is 2.60. The maximum absolute atomic E-state index is 12.7. The van der Waals surface area contributed by atoms with Crippen molar-refractivity contribution in [2.45, 2.75) is 25.2 Å². The van der Waals surface area contributed by atoms with Crippen LogP contribution in [-0.4, -0.2) is 25.5 Å². The van der Waals surface area contributed by atoms with Crippen LogP contribution in [0.5, 0.6) is 0 Å². The molecule has 0 aliphatic rings. The average molecular weight is 537 g/mol. The van der Waals surface area contributed by atoms with Gasteiger partial charge in [0.05, 0.1) is 32.7 Å². The third-order valence-electron chi connectivity index (χ3n) is 4.12. The topological polar surface area (TPSA) is 66.5 Å². The minimum absolute atomic E-state index is 0.0145. The van der Waals surface area contributed by atoms with Crippen molar-refractivity contribution in [3.05, 3.63) is 56.0 Å². The Bertz CT molecular complexity index is 1170. The van der Waals surface area contributed by atoms with Crippen LogP contribution in [0.2, 0.25) is 10.0 Å². The Labute approximate surface area is 192 Å². The number of hydrogen-bond acceptors (Lipinski definition) is 4. The minimum atomic E-state index is -4.44. The third-order valence-corrected chi connectivity index (χ3v) is 6.08. The van der Waals surface area contributed by atoms with Gasteiger partial charge in [0.1, 0.15) is 21.6 Å². The summed E-state index contributed by atoms with van der Waals surface area (Å²) >= 11 is 20.8. The molecule has 1 unspecified atom stereocenters. The van der Waals surface area contributed by atoms with Crippen molar-refractivity contribution in [1.29, 1.82) is 5.26 Å². The van der Waals surface area contributed by atoms with Gasteiger partial charge in [0, 0.05) is 5.56 Å². The SMILES string of the molecule is CC(C#N)(Cn1nc2c(Cl)cc(Cl)c(Br)c2n1)NC(=S)c1ccc(C(F)(F)F)cc1. The zero-order valence-electron chi connectivity index (χ0n) is 15.1. The second kappa shape index (κ2) is 8.30. The van der Waals surface area contributed by atoms with Gasteiger partial charge in [-0.2, -0.15) is 33.4 Å². The van der Waals surface area contributed by atoms with Crippen LogP contribution >= 0.6 is 51.3 Å². The van der Waals surface area contributed by atoms with Crippen LogP contribution in [0.4, 0.5) is 13.2 Å². The number of alkyl halides is 3. The summed E-state index contributed by atoms with van der Waals surface area (Å²) < 4.78 is 38.7. The van der Waals surface area contributed by atoms with Gasteiger partial charge in [0.2, 0.25) is 0 Å². The zero-order chi connectivity index (χ0) is 22.3. The number of nitrogens with zero attached hydrogens (tertiary/aromatic N) is 4. The molecule has 0 bridgehead atoms. The third kappa shape index (κ3) is 4.70. The Balaban J connectivity index is 1.83. The maximum atomic E-state index is 12.7. The first-order valence-corrected chi connectivity index (χ1v) is 10.2. The summed E-state index contributed by atoms with van der Waals surface area (Å²) in [5.74, 6) is 0. The smallest absolute Gasteiger partial charge is 0.357 e. The van der Waals surface area contributed by atoms with E-state index < -0.39 is 17.3 Å². The first-order chi connectivity index (χ1) is 13.9. The lowest BCUT2D eigenvalue weighted by Gasteiger charge is -2.24. The van der Waals surface area contributed by atoms with Gasteiger partial charge >= 0.3 is 6.18 Å². The van der Waals surface area contributed by atoms with Crippen molar-refractivity contribution in [1.82, 2.24) is 20.3 Å². The minimum Gasteiger partial charge on any atom is -0.357 e. The lowest BCUT2D eigenvalue weighted by atomic mass is 10.0. The molecule has 1 heterocycles. The van der Waals surface area contributed by atoms with Gasteiger partial charge in [-0.15, -0.1) is 0 Å². The Morgan fingerprint density at radius 2 is 1.80 bits per heavy atom. The lowest BCUT2D eigenvalue weighted by Crippen LogP contribution is -2.48. The molecule has 0 aliphatic heterocycles. The van der Waals surface area contributed by atoms with Gasteiger partial charge in [-0.3, -0.25) is 0 Å². The van der Waals surface area contributed by atoms with E-state index in [1.165, 1.54) is 23.0 Å². The van der Waals surface area contributed by atoms with Crippen molar-refractivity contribution in [3.63, 3.8) is 0 Å². The van der Waals surface area contributed by atoms with E-state index in [1.54, 1.807) is 6.92 Å². The molecule has 156 valence electrons. The molecule has 0 saturated carbocycles. The number of thiocarbonyl (C=S) groups is 1. The molecule has 0 amide bonds. The molecule has 1 aromatic heterocycles. The molecule has 5 nitrogen and oxygen atoms in total. The fourth-order valence-corrected chi connectivity index (χ4v) is 3.84. The molecular formula is C18H11BrCl2F3N5S. The molecular weight excluding hydrogens is 526 g/mol.